The Morgan fingerprint density at radius 3 is 2.42 bits per heavy atom. The Kier molecular flexibility index (Phi) is 9.91. The van der Waals surface area contributed by atoms with E-state index in [1.54, 1.807) is 39.0 Å². The number of alkyl halides is 3. The van der Waals surface area contributed by atoms with Gasteiger partial charge in [0.15, 0.2) is 11.5 Å². The van der Waals surface area contributed by atoms with Crippen LogP contribution in [0.3, 0.4) is 0 Å². The van der Waals surface area contributed by atoms with E-state index in [9.17, 15) is 32.7 Å². The van der Waals surface area contributed by atoms with Gasteiger partial charge in [-0.2, -0.15) is 13.2 Å². The number of benzene rings is 2. The number of fused-ring (bicyclic) bond motifs is 1. The lowest BCUT2D eigenvalue weighted by molar-refractivity contribution is -0.137. The quantitative estimate of drug-likeness (QED) is 0.275. The van der Waals surface area contributed by atoms with Gasteiger partial charge in [0.1, 0.15) is 17.5 Å². The fraction of sp³-hybridized carbons (Fsp3) is 0.400. The smallest absolute Gasteiger partial charge is 0.416 e. The van der Waals surface area contributed by atoms with Crippen LogP contribution in [0.5, 0.6) is 5.75 Å². The van der Waals surface area contributed by atoms with E-state index in [2.05, 4.69) is 21.1 Å². The molecular weight excluding hydrogens is 597 g/mol. The van der Waals surface area contributed by atoms with Crippen LogP contribution in [0.25, 0.3) is 0 Å². The minimum absolute atomic E-state index is 0.00220. The van der Waals surface area contributed by atoms with Gasteiger partial charge in [0, 0.05) is 25.2 Å². The van der Waals surface area contributed by atoms with E-state index in [4.69, 9.17) is 9.26 Å². The number of ether oxygens (including phenoxy) is 1. The molecule has 2 aromatic carbocycles. The number of aliphatic hydroxyl groups is 1. The molecule has 0 fully saturated rings. The Bertz CT molecular complexity index is 1520. The number of nitrogens with zero attached hydrogens (tertiary/aromatic N) is 3. The van der Waals surface area contributed by atoms with Crippen molar-refractivity contribution in [3.63, 3.8) is 0 Å². The lowest BCUT2D eigenvalue weighted by Gasteiger charge is -2.38. The number of aryl methyl sites for hydroxylation is 2. The van der Waals surface area contributed by atoms with Gasteiger partial charge in [-0.05, 0) is 57.2 Å². The van der Waals surface area contributed by atoms with Crippen LogP contribution in [0.2, 0.25) is 0 Å². The van der Waals surface area contributed by atoms with Crippen molar-refractivity contribution in [2.75, 3.05) is 42.7 Å². The van der Waals surface area contributed by atoms with Gasteiger partial charge in [-0.25, -0.2) is 9.59 Å². The highest BCUT2D eigenvalue weighted by Gasteiger charge is 2.35. The Morgan fingerprint density at radius 1 is 1.13 bits per heavy atom. The topological polar surface area (TPSA) is 149 Å². The third-order valence-corrected chi connectivity index (χ3v) is 7.48. The Balaban J connectivity index is 1.60. The van der Waals surface area contributed by atoms with Gasteiger partial charge >= 0.3 is 18.2 Å². The van der Waals surface area contributed by atoms with Crippen LogP contribution in [0.4, 0.5) is 39.8 Å². The second kappa shape index (κ2) is 13.5. The highest BCUT2D eigenvalue weighted by Crippen LogP contribution is 2.35. The lowest BCUT2D eigenvalue weighted by atomic mass is 9.99. The first kappa shape index (κ1) is 33.1. The van der Waals surface area contributed by atoms with Crippen LogP contribution in [0.1, 0.15) is 41.2 Å². The predicted molar refractivity (Wildman–Crippen MR) is 159 cm³/mol. The summed E-state index contributed by atoms with van der Waals surface area (Å²) in [6.07, 6.45) is -5.23. The predicted octanol–water partition coefficient (Wildman–Crippen LogP) is 5.34. The molecule has 0 saturated heterocycles. The van der Waals surface area contributed by atoms with Gasteiger partial charge in [-0.3, -0.25) is 4.79 Å². The Morgan fingerprint density at radius 2 is 1.82 bits per heavy atom. The van der Waals surface area contributed by atoms with E-state index < -0.39 is 41.9 Å². The summed E-state index contributed by atoms with van der Waals surface area (Å²) in [5.41, 5.74) is 0.499. The molecule has 1 aliphatic heterocycles. The molecule has 0 saturated carbocycles. The van der Waals surface area contributed by atoms with Crippen molar-refractivity contribution in [3.05, 3.63) is 65.0 Å². The molecule has 0 radical (unpaired) electrons. The lowest BCUT2D eigenvalue weighted by Crippen LogP contribution is -2.50. The zero-order valence-electron chi connectivity index (χ0n) is 25.4. The highest BCUT2D eigenvalue weighted by molar-refractivity contribution is 6.04. The molecule has 3 aromatic rings. The van der Waals surface area contributed by atoms with Crippen molar-refractivity contribution in [3.8, 4) is 5.75 Å². The number of hydrogen-bond acceptors (Lipinski definition) is 7. The van der Waals surface area contributed by atoms with Gasteiger partial charge in [0.25, 0.3) is 5.91 Å². The number of carbonyl (C=O) groups excluding carboxylic acids is 3. The van der Waals surface area contributed by atoms with Gasteiger partial charge in [0.05, 0.1) is 36.0 Å². The normalized spacial score (nSPS) is 17.4. The van der Waals surface area contributed by atoms with Gasteiger partial charge in [-0.15, -0.1) is 0 Å². The summed E-state index contributed by atoms with van der Waals surface area (Å²) in [5, 5.41) is 21.7. The maximum atomic E-state index is 13.7. The number of aromatic nitrogens is 1. The average molecular weight is 633 g/mol. The van der Waals surface area contributed by atoms with Crippen molar-refractivity contribution in [1.29, 1.82) is 0 Å². The molecule has 45 heavy (non-hydrogen) atoms. The number of urea groups is 2. The number of carbonyl (C=O) groups is 3. The minimum atomic E-state index is -4.51. The van der Waals surface area contributed by atoms with Crippen LogP contribution >= 0.6 is 0 Å². The van der Waals surface area contributed by atoms with Crippen molar-refractivity contribution in [2.45, 2.75) is 46.0 Å². The van der Waals surface area contributed by atoms with Gasteiger partial charge in [0.2, 0.25) is 0 Å². The Hall–Kier alpha value is -4.79. The van der Waals surface area contributed by atoms with Crippen LogP contribution < -0.4 is 20.7 Å². The van der Waals surface area contributed by atoms with E-state index in [1.807, 2.05) is 6.92 Å². The van der Waals surface area contributed by atoms with E-state index in [-0.39, 0.29) is 48.3 Å². The number of amides is 5. The molecule has 0 bridgehead atoms. The van der Waals surface area contributed by atoms with E-state index in [1.165, 1.54) is 16.8 Å². The zero-order valence-corrected chi connectivity index (χ0v) is 25.4. The largest absolute Gasteiger partial charge is 0.485 e. The maximum absolute atomic E-state index is 13.7. The fourth-order valence-corrected chi connectivity index (χ4v) is 4.80. The minimum Gasteiger partial charge on any atom is -0.485 e. The molecule has 1 aliphatic rings. The van der Waals surface area contributed by atoms with Crippen LogP contribution in [0.15, 0.2) is 47.0 Å². The first-order valence-corrected chi connectivity index (χ1v) is 14.1. The van der Waals surface area contributed by atoms with E-state index in [0.29, 0.717) is 17.1 Å². The number of para-hydroxylation sites is 1. The van der Waals surface area contributed by atoms with E-state index >= 15 is 0 Å². The SMILES string of the molecule is Cc1noc(C)c1NC(=O)Nc1cccc2c1O[C@@H](CN(C)C(=O)Nc1ccc(C(F)(F)F)cc1)[C@@H](C)CN([C@@H](C)CO)C2=O. The number of halogens is 3. The summed E-state index contributed by atoms with van der Waals surface area (Å²) in [6, 6.07) is 6.94. The fourth-order valence-electron chi connectivity index (χ4n) is 4.80. The van der Waals surface area contributed by atoms with Gasteiger partial charge < -0.3 is 40.1 Å². The molecule has 2 heterocycles. The third-order valence-electron chi connectivity index (χ3n) is 7.48. The average Bonchev–Trinajstić information content (AvgIpc) is 3.30. The molecule has 3 atom stereocenters. The second-order valence-electron chi connectivity index (χ2n) is 11.0. The molecule has 12 nitrogen and oxygen atoms in total. The molecule has 4 rings (SSSR count). The molecular formula is C30H35F3N6O6. The van der Waals surface area contributed by atoms with E-state index in [0.717, 1.165) is 24.3 Å². The standard InChI is InChI=1S/C30H35F3N6O6/c1-16-13-39(17(2)15-40)27(41)22-7-6-8-23(35-28(42)36-25-18(3)37-45-19(25)4)26(22)44-24(16)14-38(5)29(43)34-21-11-9-20(10-12-21)30(31,32)33/h6-12,16-17,24,40H,13-15H2,1-5H3,(H,34,43)(H2,35,36,42)/t16-,17-,24-/m0/s1. The molecule has 0 aliphatic carbocycles. The summed E-state index contributed by atoms with van der Waals surface area (Å²) >= 11 is 0. The second-order valence-corrected chi connectivity index (χ2v) is 11.0. The summed E-state index contributed by atoms with van der Waals surface area (Å²) in [6.45, 7) is 6.71. The van der Waals surface area contributed by atoms with Gasteiger partial charge in [-0.1, -0.05) is 18.1 Å². The number of rotatable bonds is 7. The first-order valence-electron chi connectivity index (χ1n) is 14.1. The zero-order chi connectivity index (χ0) is 33.1. The summed E-state index contributed by atoms with van der Waals surface area (Å²) in [7, 11) is 1.50. The number of nitrogens with one attached hydrogen (secondary N) is 3. The molecule has 1 aromatic heterocycles. The molecule has 242 valence electrons. The first-order chi connectivity index (χ1) is 21.2. The van der Waals surface area contributed by atoms with Crippen molar-refractivity contribution in [2.24, 2.45) is 5.92 Å². The number of likely N-dealkylation sites (N-methyl/N-ethyl adjacent to an activating group) is 1. The van der Waals surface area contributed by atoms with Crippen LogP contribution in [-0.4, -0.2) is 76.9 Å². The maximum Gasteiger partial charge on any atom is 0.416 e. The Labute approximate surface area is 257 Å². The molecule has 0 unspecified atom stereocenters. The highest BCUT2D eigenvalue weighted by atomic mass is 19.4. The monoisotopic (exact) mass is 632 g/mol. The molecule has 15 heteroatoms. The third kappa shape index (κ3) is 7.66. The molecule has 4 N–H and O–H groups in total. The van der Waals surface area contributed by atoms with Crippen molar-refractivity contribution >= 4 is 35.0 Å². The molecule has 5 amide bonds. The van der Waals surface area contributed by atoms with Crippen molar-refractivity contribution in [1.82, 2.24) is 15.0 Å². The number of aliphatic hydroxyl groups excluding tert-OH is 1. The number of hydrogen-bond donors (Lipinski definition) is 4. The van der Waals surface area contributed by atoms with Crippen LogP contribution in [0, 0.1) is 19.8 Å². The number of anilines is 3. The molecule has 0 spiro atoms. The summed E-state index contributed by atoms with van der Waals surface area (Å²) < 4.78 is 50.3. The summed E-state index contributed by atoms with van der Waals surface area (Å²) in [4.78, 5) is 42.5. The van der Waals surface area contributed by atoms with Crippen molar-refractivity contribution < 1.29 is 41.9 Å². The van der Waals surface area contributed by atoms with Crippen LogP contribution in [-0.2, 0) is 6.18 Å². The summed E-state index contributed by atoms with van der Waals surface area (Å²) in [5.74, 6) is -0.320.